The summed E-state index contributed by atoms with van der Waals surface area (Å²) in [6.45, 7) is 0.287. The molecule has 5 nitrogen and oxygen atoms in total. The molecule has 0 bridgehead atoms. The maximum atomic E-state index is 12.3. The highest BCUT2D eigenvalue weighted by atomic mass is 16.5. The van der Waals surface area contributed by atoms with Gasteiger partial charge >= 0.3 is 0 Å². The first kappa shape index (κ1) is 16.5. The molecule has 2 amide bonds. The van der Waals surface area contributed by atoms with Crippen LogP contribution in [-0.4, -0.2) is 37.4 Å². The summed E-state index contributed by atoms with van der Waals surface area (Å²) in [7, 11) is 3.38. The minimum atomic E-state index is -0.261. The van der Waals surface area contributed by atoms with Gasteiger partial charge in [-0.2, -0.15) is 0 Å². The Balaban J connectivity index is 2.02. The van der Waals surface area contributed by atoms with Crippen molar-refractivity contribution in [3.05, 3.63) is 60.2 Å². The van der Waals surface area contributed by atoms with Crippen molar-refractivity contribution in [2.75, 3.05) is 20.6 Å². The van der Waals surface area contributed by atoms with E-state index >= 15 is 0 Å². The second kappa shape index (κ2) is 7.98. The molecule has 0 aromatic heterocycles. The van der Waals surface area contributed by atoms with Crippen molar-refractivity contribution in [1.29, 1.82) is 0 Å². The van der Waals surface area contributed by atoms with Gasteiger partial charge in [-0.3, -0.25) is 9.59 Å². The number of amides is 2. The largest absolute Gasteiger partial charge is 0.457 e. The van der Waals surface area contributed by atoms with E-state index in [1.165, 1.54) is 4.90 Å². The van der Waals surface area contributed by atoms with Crippen LogP contribution >= 0.6 is 0 Å². The number of carbonyl (C=O) groups is 2. The van der Waals surface area contributed by atoms with Crippen LogP contribution < -0.4 is 10.1 Å². The number of para-hydroxylation sites is 2. The minimum absolute atomic E-state index is 0.0286. The lowest BCUT2D eigenvalue weighted by atomic mass is 10.2. The third kappa shape index (κ3) is 4.85. The molecule has 5 heteroatoms. The average molecular weight is 312 g/mol. The second-order valence-corrected chi connectivity index (χ2v) is 5.21. The molecule has 0 heterocycles. The second-order valence-electron chi connectivity index (χ2n) is 5.21. The van der Waals surface area contributed by atoms with Crippen LogP contribution in [0.1, 0.15) is 16.8 Å². The summed E-state index contributed by atoms with van der Waals surface area (Å²) in [5.41, 5.74) is 0.439. The van der Waals surface area contributed by atoms with Crippen LogP contribution in [-0.2, 0) is 4.79 Å². The molecule has 120 valence electrons. The Morgan fingerprint density at radius 3 is 2.35 bits per heavy atom. The molecule has 2 rings (SSSR count). The van der Waals surface area contributed by atoms with Gasteiger partial charge in [0.15, 0.2) is 0 Å². The number of benzene rings is 2. The predicted octanol–water partition coefficient (Wildman–Crippen LogP) is 2.69. The number of nitrogens with one attached hydrogen (secondary N) is 1. The number of rotatable bonds is 6. The molecule has 0 atom stereocenters. The average Bonchev–Trinajstić information content (AvgIpc) is 2.56. The van der Waals surface area contributed by atoms with Gasteiger partial charge in [0.2, 0.25) is 5.91 Å². The number of nitrogens with zero attached hydrogens (tertiary/aromatic N) is 1. The van der Waals surface area contributed by atoms with Gasteiger partial charge in [-0.25, -0.2) is 0 Å². The standard InChI is InChI=1S/C18H20N2O3/c1-20(2)17(21)12-13-19-18(22)15-10-6-7-11-16(15)23-14-8-4-3-5-9-14/h3-11H,12-13H2,1-2H3,(H,19,22). The van der Waals surface area contributed by atoms with E-state index in [-0.39, 0.29) is 24.8 Å². The van der Waals surface area contributed by atoms with Crippen LogP contribution in [0.3, 0.4) is 0 Å². The molecule has 0 spiro atoms. The van der Waals surface area contributed by atoms with Gasteiger partial charge in [0.25, 0.3) is 5.91 Å². The molecule has 0 saturated heterocycles. The molecule has 0 aliphatic heterocycles. The molecular formula is C18H20N2O3. The predicted molar refractivity (Wildman–Crippen MR) is 88.6 cm³/mol. The molecule has 0 aliphatic rings. The fourth-order valence-electron chi connectivity index (χ4n) is 1.96. The third-order valence-corrected chi connectivity index (χ3v) is 3.23. The maximum absolute atomic E-state index is 12.3. The summed E-state index contributed by atoms with van der Waals surface area (Å²) in [5, 5.41) is 2.74. The molecule has 0 fully saturated rings. The Morgan fingerprint density at radius 1 is 1.00 bits per heavy atom. The summed E-state index contributed by atoms with van der Waals surface area (Å²) in [4.78, 5) is 25.3. The highest BCUT2D eigenvalue weighted by Gasteiger charge is 2.13. The molecule has 23 heavy (non-hydrogen) atoms. The highest BCUT2D eigenvalue weighted by molar-refractivity contribution is 5.97. The van der Waals surface area contributed by atoms with E-state index in [0.717, 1.165) is 0 Å². The van der Waals surface area contributed by atoms with Gasteiger partial charge in [-0.15, -0.1) is 0 Å². The normalized spacial score (nSPS) is 10.0. The molecular weight excluding hydrogens is 292 g/mol. The van der Waals surface area contributed by atoms with Gasteiger partial charge < -0.3 is 15.0 Å². The number of ether oxygens (including phenoxy) is 1. The molecule has 0 radical (unpaired) electrons. The van der Waals surface area contributed by atoms with Crippen LogP contribution in [0.15, 0.2) is 54.6 Å². The zero-order chi connectivity index (χ0) is 16.7. The smallest absolute Gasteiger partial charge is 0.255 e. The van der Waals surface area contributed by atoms with Crippen molar-refractivity contribution in [1.82, 2.24) is 10.2 Å². The van der Waals surface area contributed by atoms with Crippen LogP contribution in [0.25, 0.3) is 0 Å². The maximum Gasteiger partial charge on any atom is 0.255 e. The first-order chi connectivity index (χ1) is 11.1. The third-order valence-electron chi connectivity index (χ3n) is 3.23. The monoisotopic (exact) mass is 312 g/mol. The van der Waals surface area contributed by atoms with Crippen molar-refractivity contribution >= 4 is 11.8 Å². The zero-order valence-electron chi connectivity index (χ0n) is 13.3. The van der Waals surface area contributed by atoms with Crippen LogP contribution in [0.5, 0.6) is 11.5 Å². The lowest BCUT2D eigenvalue weighted by Crippen LogP contribution is -2.30. The van der Waals surface area contributed by atoms with Gasteiger partial charge in [0.05, 0.1) is 5.56 Å². The molecule has 0 unspecified atom stereocenters. The van der Waals surface area contributed by atoms with E-state index in [2.05, 4.69) is 5.32 Å². The first-order valence-electron chi connectivity index (χ1n) is 7.38. The fourth-order valence-corrected chi connectivity index (χ4v) is 1.96. The van der Waals surface area contributed by atoms with Crippen molar-refractivity contribution < 1.29 is 14.3 Å². The van der Waals surface area contributed by atoms with Gasteiger partial charge in [-0.1, -0.05) is 30.3 Å². The Labute approximate surface area is 135 Å². The van der Waals surface area contributed by atoms with Crippen molar-refractivity contribution in [2.45, 2.75) is 6.42 Å². The molecule has 2 aromatic carbocycles. The SMILES string of the molecule is CN(C)C(=O)CCNC(=O)c1ccccc1Oc1ccccc1. The number of carbonyl (C=O) groups excluding carboxylic acids is 2. The van der Waals surface area contributed by atoms with Crippen molar-refractivity contribution in [3.8, 4) is 11.5 Å². The summed E-state index contributed by atoms with van der Waals surface area (Å²) < 4.78 is 5.76. The summed E-state index contributed by atoms with van der Waals surface area (Å²) in [6, 6.07) is 16.3. The van der Waals surface area contributed by atoms with Crippen LogP contribution in [0, 0.1) is 0 Å². The van der Waals surface area contributed by atoms with Gasteiger partial charge in [-0.05, 0) is 24.3 Å². The van der Waals surface area contributed by atoms with Crippen molar-refractivity contribution in [2.24, 2.45) is 0 Å². The molecule has 2 aromatic rings. The van der Waals surface area contributed by atoms with Gasteiger partial charge in [0, 0.05) is 27.1 Å². The lowest BCUT2D eigenvalue weighted by molar-refractivity contribution is -0.128. The fraction of sp³-hybridized carbons (Fsp3) is 0.222. The Morgan fingerprint density at radius 2 is 1.65 bits per heavy atom. The van der Waals surface area contributed by atoms with E-state index in [1.54, 1.807) is 32.3 Å². The van der Waals surface area contributed by atoms with E-state index in [0.29, 0.717) is 17.1 Å². The topological polar surface area (TPSA) is 58.6 Å². The van der Waals surface area contributed by atoms with Gasteiger partial charge in [0.1, 0.15) is 11.5 Å². The molecule has 0 aliphatic carbocycles. The Bertz CT molecular complexity index is 669. The van der Waals surface area contributed by atoms with Crippen molar-refractivity contribution in [3.63, 3.8) is 0 Å². The first-order valence-corrected chi connectivity index (χ1v) is 7.38. The quantitative estimate of drug-likeness (QED) is 0.892. The number of hydrogen-bond acceptors (Lipinski definition) is 3. The van der Waals surface area contributed by atoms with E-state index < -0.39 is 0 Å². The zero-order valence-corrected chi connectivity index (χ0v) is 13.3. The van der Waals surface area contributed by atoms with E-state index in [4.69, 9.17) is 4.74 Å². The summed E-state index contributed by atoms with van der Waals surface area (Å²) >= 11 is 0. The Kier molecular flexibility index (Phi) is 5.74. The van der Waals surface area contributed by atoms with E-state index in [1.807, 2.05) is 36.4 Å². The van der Waals surface area contributed by atoms with Crippen LogP contribution in [0.4, 0.5) is 0 Å². The van der Waals surface area contributed by atoms with Crippen LogP contribution in [0.2, 0.25) is 0 Å². The Hall–Kier alpha value is -2.82. The summed E-state index contributed by atoms with van der Waals surface area (Å²) in [6.07, 6.45) is 0.264. The van der Waals surface area contributed by atoms with E-state index in [9.17, 15) is 9.59 Å². The minimum Gasteiger partial charge on any atom is -0.457 e. The highest BCUT2D eigenvalue weighted by Crippen LogP contribution is 2.24. The molecule has 0 saturated carbocycles. The number of hydrogen-bond donors (Lipinski definition) is 1. The molecule has 1 N–H and O–H groups in total. The summed E-state index contributed by atoms with van der Waals surface area (Å²) in [5.74, 6) is 0.855. The lowest BCUT2D eigenvalue weighted by Gasteiger charge is -2.12.